The Morgan fingerprint density at radius 2 is 1.77 bits per heavy atom. The van der Waals surface area contributed by atoms with Gasteiger partial charge in [0, 0.05) is 74.9 Å². The summed E-state index contributed by atoms with van der Waals surface area (Å²) in [7, 11) is 1.94. The third kappa shape index (κ3) is 6.20. The third-order valence-corrected chi connectivity index (χ3v) is 9.72. The van der Waals surface area contributed by atoms with Gasteiger partial charge in [-0.05, 0) is 87.7 Å². The Balaban J connectivity index is 1.31. The summed E-state index contributed by atoms with van der Waals surface area (Å²) in [5.41, 5.74) is 9.19. The van der Waals surface area contributed by atoms with Crippen LogP contribution in [0.25, 0.3) is 21.8 Å². The Kier molecular flexibility index (Phi) is 8.83. The lowest BCUT2D eigenvalue weighted by atomic mass is 9.88. The summed E-state index contributed by atoms with van der Waals surface area (Å²) < 4.78 is 2.36. The number of carbonyl (C=O) groups excluding carboxylic acids is 1. The normalized spacial score (nSPS) is 17.3. The molecule has 0 bridgehead atoms. The number of aryl methyl sites for hydroxylation is 2. The van der Waals surface area contributed by atoms with Gasteiger partial charge in [0.2, 0.25) is 0 Å². The van der Waals surface area contributed by atoms with Crippen molar-refractivity contribution in [3.05, 3.63) is 113 Å². The standard InChI is InChI=1S/C38H41N3OS/c1-5-40-30-15-11-27(12-16-30)38(42)29-14-20-36-33(24-29)32-23-28(13-19-35(32)41(36)6-2)37(26-9-10-26)34(39-4)21-22-43-31-17-7-25(3)8-18-31/h7-9,11-15,17-20,23-24,30,37,40H,5-6,10,16,21-22H2,1-4H3. The molecule has 0 saturated heterocycles. The number of fused-ring (bicyclic) bond motifs is 3. The average molecular weight is 588 g/mol. The maximum atomic E-state index is 13.6. The van der Waals surface area contributed by atoms with Crippen molar-refractivity contribution in [3.63, 3.8) is 0 Å². The molecular weight excluding hydrogens is 547 g/mol. The number of hydrogen-bond donors (Lipinski definition) is 1. The molecule has 0 aliphatic heterocycles. The zero-order valence-corrected chi connectivity index (χ0v) is 26.5. The molecule has 2 aliphatic carbocycles. The second-order valence-corrected chi connectivity index (χ2v) is 12.7. The first-order valence-electron chi connectivity index (χ1n) is 15.6. The molecule has 0 saturated carbocycles. The molecule has 0 spiro atoms. The highest BCUT2D eigenvalue weighted by Gasteiger charge is 2.28. The van der Waals surface area contributed by atoms with Crippen LogP contribution in [0.5, 0.6) is 0 Å². The first kappa shape index (κ1) is 29.4. The van der Waals surface area contributed by atoms with Crippen LogP contribution < -0.4 is 5.32 Å². The minimum absolute atomic E-state index is 0.0918. The van der Waals surface area contributed by atoms with Gasteiger partial charge in [0.25, 0.3) is 0 Å². The molecule has 5 heteroatoms. The summed E-state index contributed by atoms with van der Waals surface area (Å²) in [6.45, 7) is 8.22. The van der Waals surface area contributed by atoms with Crippen molar-refractivity contribution in [2.45, 2.75) is 63.4 Å². The largest absolute Gasteiger partial charge is 0.341 e. The van der Waals surface area contributed by atoms with Gasteiger partial charge >= 0.3 is 0 Å². The number of hydrogen-bond acceptors (Lipinski definition) is 4. The first-order valence-corrected chi connectivity index (χ1v) is 16.6. The summed E-state index contributed by atoms with van der Waals surface area (Å²) >= 11 is 1.90. The number of nitrogens with one attached hydrogen (secondary N) is 1. The first-order chi connectivity index (χ1) is 21.0. The zero-order chi connectivity index (χ0) is 29.9. The summed E-state index contributed by atoms with van der Waals surface area (Å²) in [4.78, 5) is 19.7. The number of Topliss-reactive ketones (excluding diaryl/α,β-unsaturated/α-hetero) is 1. The zero-order valence-electron chi connectivity index (χ0n) is 25.7. The number of likely N-dealkylation sites (N-methyl/N-ethyl adjacent to an activating group) is 1. The van der Waals surface area contributed by atoms with E-state index in [0.717, 1.165) is 54.6 Å². The van der Waals surface area contributed by atoms with E-state index in [0.29, 0.717) is 6.04 Å². The number of nitrogens with zero attached hydrogens (tertiary/aromatic N) is 2. The summed E-state index contributed by atoms with van der Waals surface area (Å²) in [5, 5.41) is 5.79. The Morgan fingerprint density at radius 3 is 2.42 bits per heavy atom. The highest BCUT2D eigenvalue weighted by Crippen LogP contribution is 2.41. The van der Waals surface area contributed by atoms with Gasteiger partial charge in [-0.1, -0.05) is 60.6 Å². The second kappa shape index (κ2) is 12.9. The minimum atomic E-state index is 0.0918. The van der Waals surface area contributed by atoms with Gasteiger partial charge in [-0.3, -0.25) is 9.79 Å². The van der Waals surface area contributed by atoms with Crippen LogP contribution >= 0.6 is 11.8 Å². The molecule has 1 heterocycles. The van der Waals surface area contributed by atoms with Crippen molar-refractivity contribution in [1.29, 1.82) is 0 Å². The number of allylic oxidation sites excluding steroid dienone is 4. The smallest absolute Gasteiger partial charge is 0.192 e. The Bertz CT molecular complexity index is 1790. The maximum absolute atomic E-state index is 13.6. The molecule has 0 fully saturated rings. The Morgan fingerprint density at radius 1 is 1.02 bits per heavy atom. The predicted molar refractivity (Wildman–Crippen MR) is 184 cm³/mol. The van der Waals surface area contributed by atoms with Crippen LogP contribution in [0.4, 0.5) is 0 Å². The lowest BCUT2D eigenvalue weighted by Crippen LogP contribution is -2.27. The molecule has 0 amide bonds. The molecule has 43 heavy (non-hydrogen) atoms. The van der Waals surface area contributed by atoms with Gasteiger partial charge in [-0.2, -0.15) is 0 Å². The Hall–Kier alpha value is -3.67. The molecule has 4 nitrogen and oxygen atoms in total. The van der Waals surface area contributed by atoms with E-state index >= 15 is 0 Å². The van der Waals surface area contributed by atoms with Gasteiger partial charge in [-0.15, -0.1) is 11.8 Å². The van der Waals surface area contributed by atoms with E-state index in [1.165, 1.54) is 43.7 Å². The number of benzene rings is 3. The second-order valence-electron chi connectivity index (χ2n) is 11.5. The van der Waals surface area contributed by atoms with Gasteiger partial charge in [0.1, 0.15) is 0 Å². The van der Waals surface area contributed by atoms with Crippen molar-refractivity contribution in [3.8, 4) is 0 Å². The van der Waals surface area contributed by atoms with Gasteiger partial charge in [-0.25, -0.2) is 0 Å². The molecule has 6 rings (SSSR count). The van der Waals surface area contributed by atoms with E-state index < -0.39 is 0 Å². The fraction of sp³-hybridized carbons (Fsp3) is 0.316. The molecule has 220 valence electrons. The van der Waals surface area contributed by atoms with Crippen LogP contribution in [0, 0.1) is 6.92 Å². The molecular formula is C38H41N3OS. The van der Waals surface area contributed by atoms with Gasteiger partial charge in [0.05, 0.1) is 0 Å². The number of thioether (sulfide) groups is 1. The highest BCUT2D eigenvalue weighted by molar-refractivity contribution is 7.99. The predicted octanol–water partition coefficient (Wildman–Crippen LogP) is 8.84. The van der Waals surface area contributed by atoms with Crippen LogP contribution in [-0.2, 0) is 6.54 Å². The topological polar surface area (TPSA) is 46.4 Å². The minimum Gasteiger partial charge on any atom is -0.341 e. The van der Waals surface area contributed by atoms with Crippen molar-refractivity contribution in [2.24, 2.45) is 4.99 Å². The van der Waals surface area contributed by atoms with E-state index in [1.54, 1.807) is 0 Å². The van der Waals surface area contributed by atoms with Gasteiger partial charge in [0.15, 0.2) is 5.78 Å². The SMILES string of the molecule is CCNC1C=CC(C(=O)c2ccc3c(c2)c2cc(C(C4=CC4)C(CCSc4ccc(C)cc4)=NC)ccc2n3CC)=CC1. The molecule has 2 atom stereocenters. The van der Waals surface area contributed by atoms with Crippen LogP contribution in [0.15, 0.2) is 106 Å². The van der Waals surface area contributed by atoms with E-state index in [4.69, 9.17) is 4.99 Å². The summed E-state index contributed by atoms with van der Waals surface area (Å²) in [6, 6.07) is 22.2. The maximum Gasteiger partial charge on any atom is 0.192 e. The van der Waals surface area contributed by atoms with E-state index in [1.807, 2.05) is 31.0 Å². The van der Waals surface area contributed by atoms with Crippen LogP contribution in [0.1, 0.15) is 60.5 Å². The fourth-order valence-electron chi connectivity index (χ4n) is 6.36. The lowest BCUT2D eigenvalue weighted by Gasteiger charge is -2.18. The number of carbonyl (C=O) groups is 1. The van der Waals surface area contributed by atoms with E-state index in [2.05, 4.69) is 103 Å². The quantitative estimate of drug-likeness (QED) is 0.0780. The highest BCUT2D eigenvalue weighted by atomic mass is 32.2. The molecule has 1 N–H and O–H groups in total. The van der Waals surface area contributed by atoms with E-state index in [-0.39, 0.29) is 11.7 Å². The monoisotopic (exact) mass is 587 g/mol. The van der Waals surface area contributed by atoms with Crippen LogP contribution in [-0.4, -0.2) is 41.4 Å². The molecule has 4 aromatic rings. The van der Waals surface area contributed by atoms with Crippen LogP contribution in [0.2, 0.25) is 0 Å². The summed E-state index contributed by atoms with van der Waals surface area (Å²) in [6.07, 6.45) is 11.3. The third-order valence-electron chi connectivity index (χ3n) is 8.71. The number of rotatable bonds is 12. The van der Waals surface area contributed by atoms with Crippen molar-refractivity contribution >= 4 is 45.1 Å². The molecule has 0 radical (unpaired) electrons. The van der Waals surface area contributed by atoms with E-state index in [9.17, 15) is 4.79 Å². The number of aliphatic imine (C=N–C) groups is 1. The fourth-order valence-corrected chi connectivity index (χ4v) is 7.24. The van der Waals surface area contributed by atoms with Crippen molar-refractivity contribution in [1.82, 2.24) is 9.88 Å². The molecule has 1 aromatic heterocycles. The average Bonchev–Trinajstić information content (AvgIpc) is 3.82. The number of ketones is 1. The lowest BCUT2D eigenvalue weighted by molar-refractivity contribution is 0.103. The van der Waals surface area contributed by atoms with Crippen LogP contribution in [0.3, 0.4) is 0 Å². The van der Waals surface area contributed by atoms with Crippen molar-refractivity contribution in [2.75, 3.05) is 19.3 Å². The molecule has 2 unspecified atom stereocenters. The Labute approximate surface area is 259 Å². The van der Waals surface area contributed by atoms with Gasteiger partial charge < -0.3 is 9.88 Å². The number of aromatic nitrogens is 1. The molecule has 2 aliphatic rings. The summed E-state index contributed by atoms with van der Waals surface area (Å²) in [5.74, 6) is 1.30. The van der Waals surface area contributed by atoms with Crippen molar-refractivity contribution < 1.29 is 4.79 Å². The molecule has 3 aromatic carbocycles.